The van der Waals surface area contributed by atoms with Crippen molar-refractivity contribution in [2.75, 3.05) is 6.54 Å². The van der Waals surface area contributed by atoms with Crippen molar-refractivity contribution in [1.29, 1.82) is 0 Å². The molecule has 0 fully saturated rings. The van der Waals surface area contributed by atoms with Crippen LogP contribution in [0.5, 0.6) is 0 Å². The van der Waals surface area contributed by atoms with Crippen LogP contribution >= 0.6 is 0 Å². The summed E-state index contributed by atoms with van der Waals surface area (Å²) < 4.78 is 2.04. The monoisotopic (exact) mass is 229 g/mol. The quantitative estimate of drug-likeness (QED) is 0.873. The Morgan fingerprint density at radius 3 is 2.47 bits per heavy atom. The molecule has 0 aliphatic heterocycles. The minimum Gasteiger partial charge on any atom is -0.330 e. The molecule has 3 nitrogen and oxygen atoms in total. The number of nitrogens with zero attached hydrogens (tertiary/aromatic N) is 2. The Labute approximate surface area is 102 Å². The van der Waals surface area contributed by atoms with E-state index in [0.29, 0.717) is 12.5 Å². The van der Waals surface area contributed by atoms with E-state index in [4.69, 9.17) is 5.73 Å². The Bertz CT molecular complexity index is 473. The first kappa shape index (κ1) is 11.9. The highest BCUT2D eigenvalue weighted by atomic mass is 15.3. The van der Waals surface area contributed by atoms with Crippen LogP contribution in [0.2, 0.25) is 0 Å². The minimum atomic E-state index is 0.328. The maximum absolute atomic E-state index is 5.87. The Kier molecular flexibility index (Phi) is 3.59. The van der Waals surface area contributed by atoms with Gasteiger partial charge in [-0.3, -0.25) is 4.68 Å². The predicted octanol–water partition coefficient (Wildman–Crippen LogP) is 2.24. The molecule has 1 aromatic carbocycles. The lowest BCUT2D eigenvalue weighted by Crippen LogP contribution is -2.19. The first-order valence-corrected chi connectivity index (χ1v) is 5.96. The zero-order valence-electron chi connectivity index (χ0n) is 10.4. The molecule has 0 aliphatic carbocycles. The fraction of sp³-hybridized carbons (Fsp3) is 0.357. The maximum atomic E-state index is 5.87. The van der Waals surface area contributed by atoms with Crippen molar-refractivity contribution in [3.8, 4) is 0 Å². The third-order valence-corrected chi connectivity index (χ3v) is 3.05. The lowest BCUT2D eigenvalue weighted by atomic mass is 9.99. The molecule has 2 aromatic rings. The van der Waals surface area contributed by atoms with Gasteiger partial charge in [0.1, 0.15) is 0 Å². The molecule has 2 N–H and O–H groups in total. The Balaban J connectivity index is 2.18. The van der Waals surface area contributed by atoms with E-state index in [1.54, 1.807) is 0 Å². The second kappa shape index (κ2) is 5.15. The molecular formula is C14H19N3. The van der Waals surface area contributed by atoms with Crippen LogP contribution in [0.1, 0.15) is 22.9 Å². The van der Waals surface area contributed by atoms with Crippen molar-refractivity contribution in [3.63, 3.8) is 0 Å². The van der Waals surface area contributed by atoms with Gasteiger partial charge in [0.15, 0.2) is 0 Å². The number of hydrogen-bond donors (Lipinski definition) is 1. The summed E-state index contributed by atoms with van der Waals surface area (Å²) in [7, 11) is 0. The predicted molar refractivity (Wildman–Crippen MR) is 69.9 cm³/mol. The summed E-state index contributed by atoms with van der Waals surface area (Å²) in [6.45, 7) is 5.59. The van der Waals surface area contributed by atoms with Gasteiger partial charge in [-0.15, -0.1) is 0 Å². The van der Waals surface area contributed by atoms with Crippen molar-refractivity contribution < 1.29 is 0 Å². The standard InChI is InChI=1S/C14H19N3/c1-11-8-12(2)17(16-11)10-14(9-15)13-6-4-3-5-7-13/h3-8,14H,9-10,15H2,1-2H3. The zero-order chi connectivity index (χ0) is 12.3. The van der Waals surface area contributed by atoms with E-state index in [0.717, 1.165) is 12.2 Å². The van der Waals surface area contributed by atoms with Crippen molar-refractivity contribution in [1.82, 2.24) is 9.78 Å². The highest BCUT2D eigenvalue weighted by molar-refractivity contribution is 5.20. The molecule has 1 atom stereocenters. The van der Waals surface area contributed by atoms with Crippen LogP contribution in [-0.2, 0) is 6.54 Å². The lowest BCUT2D eigenvalue weighted by Gasteiger charge is -2.16. The normalized spacial score (nSPS) is 12.6. The van der Waals surface area contributed by atoms with Gasteiger partial charge in [-0.05, 0) is 25.5 Å². The van der Waals surface area contributed by atoms with Crippen LogP contribution in [0.3, 0.4) is 0 Å². The van der Waals surface area contributed by atoms with Crippen LogP contribution in [0.15, 0.2) is 36.4 Å². The number of hydrogen-bond acceptors (Lipinski definition) is 2. The topological polar surface area (TPSA) is 43.8 Å². The molecule has 0 amide bonds. The summed E-state index contributed by atoms with van der Waals surface area (Å²) in [6.07, 6.45) is 0. The second-order valence-electron chi connectivity index (χ2n) is 4.45. The average Bonchev–Trinajstić information content (AvgIpc) is 2.66. The summed E-state index contributed by atoms with van der Waals surface area (Å²) in [5, 5.41) is 4.48. The van der Waals surface area contributed by atoms with Crippen molar-refractivity contribution >= 4 is 0 Å². The first-order chi connectivity index (χ1) is 8.20. The SMILES string of the molecule is Cc1cc(C)n(CC(CN)c2ccccc2)n1. The van der Waals surface area contributed by atoms with Gasteiger partial charge in [-0.2, -0.15) is 5.10 Å². The Hall–Kier alpha value is -1.61. The van der Waals surface area contributed by atoms with Gasteiger partial charge >= 0.3 is 0 Å². The molecule has 17 heavy (non-hydrogen) atoms. The first-order valence-electron chi connectivity index (χ1n) is 5.96. The number of nitrogens with two attached hydrogens (primary N) is 1. The fourth-order valence-electron chi connectivity index (χ4n) is 2.11. The van der Waals surface area contributed by atoms with E-state index >= 15 is 0 Å². The van der Waals surface area contributed by atoms with E-state index in [1.165, 1.54) is 11.3 Å². The molecule has 3 heteroatoms. The molecule has 2 rings (SSSR count). The third-order valence-electron chi connectivity index (χ3n) is 3.05. The summed E-state index contributed by atoms with van der Waals surface area (Å²) in [6, 6.07) is 12.5. The zero-order valence-corrected chi connectivity index (χ0v) is 10.4. The van der Waals surface area contributed by atoms with Crippen LogP contribution in [0.25, 0.3) is 0 Å². The van der Waals surface area contributed by atoms with E-state index in [9.17, 15) is 0 Å². The third kappa shape index (κ3) is 2.74. The molecule has 0 spiro atoms. The van der Waals surface area contributed by atoms with Crippen LogP contribution in [-0.4, -0.2) is 16.3 Å². The molecule has 1 heterocycles. The number of rotatable bonds is 4. The number of aromatic nitrogens is 2. The second-order valence-corrected chi connectivity index (χ2v) is 4.45. The van der Waals surface area contributed by atoms with Gasteiger partial charge in [-0.25, -0.2) is 0 Å². The van der Waals surface area contributed by atoms with E-state index in [2.05, 4.69) is 42.4 Å². The molecule has 1 unspecified atom stereocenters. The van der Waals surface area contributed by atoms with Crippen molar-refractivity contribution in [3.05, 3.63) is 53.3 Å². The van der Waals surface area contributed by atoms with Gasteiger partial charge in [0, 0.05) is 24.7 Å². The van der Waals surface area contributed by atoms with Gasteiger partial charge in [-0.1, -0.05) is 30.3 Å². The summed E-state index contributed by atoms with van der Waals surface area (Å²) in [5.41, 5.74) is 9.40. The minimum absolute atomic E-state index is 0.328. The average molecular weight is 229 g/mol. The highest BCUT2D eigenvalue weighted by Crippen LogP contribution is 2.17. The van der Waals surface area contributed by atoms with Crippen LogP contribution in [0.4, 0.5) is 0 Å². The molecule has 0 saturated carbocycles. The van der Waals surface area contributed by atoms with Gasteiger partial charge in [0.05, 0.1) is 5.69 Å². The maximum Gasteiger partial charge on any atom is 0.0596 e. The Morgan fingerprint density at radius 1 is 1.24 bits per heavy atom. The van der Waals surface area contributed by atoms with Crippen molar-refractivity contribution in [2.45, 2.75) is 26.3 Å². The fourth-order valence-corrected chi connectivity index (χ4v) is 2.11. The molecular weight excluding hydrogens is 210 g/mol. The van der Waals surface area contributed by atoms with E-state index < -0.39 is 0 Å². The Morgan fingerprint density at radius 2 is 1.94 bits per heavy atom. The van der Waals surface area contributed by atoms with Gasteiger partial charge < -0.3 is 5.73 Å². The molecule has 0 radical (unpaired) electrons. The summed E-state index contributed by atoms with van der Waals surface area (Å²) in [4.78, 5) is 0. The largest absolute Gasteiger partial charge is 0.330 e. The number of aryl methyl sites for hydroxylation is 2. The van der Waals surface area contributed by atoms with Crippen LogP contribution in [0, 0.1) is 13.8 Å². The van der Waals surface area contributed by atoms with E-state index in [1.807, 2.05) is 17.7 Å². The van der Waals surface area contributed by atoms with Crippen molar-refractivity contribution in [2.24, 2.45) is 5.73 Å². The van der Waals surface area contributed by atoms with Crippen LogP contribution < -0.4 is 5.73 Å². The highest BCUT2D eigenvalue weighted by Gasteiger charge is 2.12. The van der Waals surface area contributed by atoms with Gasteiger partial charge in [0.2, 0.25) is 0 Å². The smallest absolute Gasteiger partial charge is 0.0596 e. The molecule has 0 bridgehead atoms. The molecule has 0 saturated heterocycles. The van der Waals surface area contributed by atoms with Gasteiger partial charge in [0.25, 0.3) is 0 Å². The molecule has 90 valence electrons. The lowest BCUT2D eigenvalue weighted by molar-refractivity contribution is 0.509. The number of benzene rings is 1. The molecule has 1 aromatic heterocycles. The summed E-state index contributed by atoms with van der Waals surface area (Å²) >= 11 is 0. The van der Waals surface area contributed by atoms with E-state index in [-0.39, 0.29) is 0 Å². The summed E-state index contributed by atoms with van der Waals surface area (Å²) in [5.74, 6) is 0.328. The molecule has 0 aliphatic rings.